The van der Waals surface area contributed by atoms with Gasteiger partial charge in [0.05, 0.1) is 12.2 Å². The van der Waals surface area contributed by atoms with Crippen LogP contribution in [-0.4, -0.2) is 17.0 Å². The van der Waals surface area contributed by atoms with Crippen molar-refractivity contribution in [3.63, 3.8) is 0 Å². The van der Waals surface area contributed by atoms with Gasteiger partial charge in [0.2, 0.25) is 5.69 Å². The smallest absolute Gasteiger partial charge is 0.248 e. The van der Waals surface area contributed by atoms with E-state index in [0.717, 1.165) is 6.42 Å². The molecular weight excluding hydrogens is 319 g/mol. The standard InChI is InChI=1S/C16H31O2PS2/c1-12(2)17-19(20,18-13(3)4)21-16(6,7)15-10-8-14(5)9-11-15/h8,12-13,15H,9-11H2,1-7H3. The van der Waals surface area contributed by atoms with Crippen molar-refractivity contribution >= 4 is 28.9 Å². The number of hydrogen-bond acceptors (Lipinski definition) is 4. The summed E-state index contributed by atoms with van der Waals surface area (Å²) in [5, 5.41) is 0. The van der Waals surface area contributed by atoms with Crippen LogP contribution in [0.1, 0.15) is 67.7 Å². The van der Waals surface area contributed by atoms with Crippen molar-refractivity contribution in [2.24, 2.45) is 5.92 Å². The van der Waals surface area contributed by atoms with Crippen LogP contribution >= 0.6 is 17.1 Å². The Bertz CT molecular complexity index is 403. The van der Waals surface area contributed by atoms with E-state index in [4.69, 9.17) is 20.9 Å². The summed E-state index contributed by atoms with van der Waals surface area (Å²) in [6.07, 6.45) is 6.17. The Balaban J connectivity index is 2.83. The first-order valence-corrected chi connectivity index (χ1v) is 11.9. The average molecular weight is 351 g/mol. The van der Waals surface area contributed by atoms with Crippen molar-refractivity contribution in [1.82, 2.24) is 0 Å². The van der Waals surface area contributed by atoms with E-state index in [9.17, 15) is 0 Å². The molecule has 0 saturated heterocycles. The molecule has 0 fully saturated rings. The van der Waals surface area contributed by atoms with Gasteiger partial charge in [-0.1, -0.05) is 23.0 Å². The number of hydrogen-bond donors (Lipinski definition) is 0. The van der Waals surface area contributed by atoms with Gasteiger partial charge in [0, 0.05) is 4.75 Å². The Labute approximate surface area is 140 Å². The highest BCUT2D eigenvalue weighted by Gasteiger charge is 2.38. The minimum atomic E-state index is -2.31. The van der Waals surface area contributed by atoms with E-state index in [-0.39, 0.29) is 17.0 Å². The summed E-state index contributed by atoms with van der Waals surface area (Å²) < 4.78 is 12.2. The molecule has 0 saturated carbocycles. The fraction of sp³-hybridized carbons (Fsp3) is 0.875. The molecule has 1 unspecified atom stereocenters. The molecule has 0 aromatic heterocycles. The molecule has 5 heteroatoms. The minimum Gasteiger partial charge on any atom is -0.319 e. The van der Waals surface area contributed by atoms with Crippen LogP contribution in [0, 0.1) is 5.92 Å². The third kappa shape index (κ3) is 6.74. The molecular formula is C16H31O2PS2. The highest BCUT2D eigenvalue weighted by molar-refractivity contribution is 8.68. The maximum Gasteiger partial charge on any atom is 0.248 e. The molecule has 124 valence electrons. The molecule has 0 spiro atoms. The van der Waals surface area contributed by atoms with Crippen LogP contribution in [0.25, 0.3) is 0 Å². The maximum atomic E-state index is 6.05. The minimum absolute atomic E-state index is 0.0799. The summed E-state index contributed by atoms with van der Waals surface area (Å²) >= 11 is 7.58. The Morgan fingerprint density at radius 1 is 1.24 bits per heavy atom. The summed E-state index contributed by atoms with van der Waals surface area (Å²) in [7, 11) is 0. The molecule has 1 aliphatic rings. The van der Waals surface area contributed by atoms with Crippen LogP contribution in [0.15, 0.2) is 11.6 Å². The molecule has 0 amide bonds. The summed E-state index contributed by atoms with van der Waals surface area (Å²) in [4.78, 5) is 0. The lowest BCUT2D eigenvalue weighted by atomic mass is 9.82. The van der Waals surface area contributed by atoms with E-state index in [1.165, 1.54) is 18.4 Å². The van der Waals surface area contributed by atoms with E-state index in [1.54, 1.807) is 11.4 Å². The monoisotopic (exact) mass is 350 g/mol. The zero-order valence-electron chi connectivity index (χ0n) is 14.5. The van der Waals surface area contributed by atoms with Crippen molar-refractivity contribution in [3.05, 3.63) is 11.6 Å². The zero-order valence-corrected chi connectivity index (χ0v) is 17.0. The SMILES string of the molecule is CC1=CCC(C(C)(C)SP(=S)(OC(C)C)OC(C)C)CC1. The summed E-state index contributed by atoms with van der Waals surface area (Å²) in [5.74, 6) is 0.639. The summed E-state index contributed by atoms with van der Waals surface area (Å²) in [5.41, 5.74) is -0.789. The van der Waals surface area contributed by atoms with E-state index >= 15 is 0 Å². The third-order valence-corrected chi connectivity index (χ3v) is 9.82. The lowest BCUT2D eigenvalue weighted by molar-refractivity contribution is 0.185. The molecule has 0 aromatic carbocycles. The van der Waals surface area contributed by atoms with Crippen LogP contribution in [0.4, 0.5) is 0 Å². The molecule has 2 nitrogen and oxygen atoms in total. The Kier molecular flexibility index (Phi) is 7.48. The molecule has 0 N–H and O–H groups in total. The van der Waals surface area contributed by atoms with E-state index in [1.807, 2.05) is 27.7 Å². The van der Waals surface area contributed by atoms with Gasteiger partial charge in [-0.2, -0.15) is 0 Å². The normalized spacial score (nSPS) is 21.0. The van der Waals surface area contributed by atoms with Crippen LogP contribution < -0.4 is 0 Å². The second kappa shape index (κ2) is 7.97. The van der Waals surface area contributed by atoms with Crippen LogP contribution in [0.2, 0.25) is 0 Å². The lowest BCUT2D eigenvalue weighted by Crippen LogP contribution is -2.29. The maximum absolute atomic E-state index is 6.05. The molecule has 21 heavy (non-hydrogen) atoms. The van der Waals surface area contributed by atoms with Crippen LogP contribution in [0.5, 0.6) is 0 Å². The first-order valence-electron chi connectivity index (χ1n) is 7.87. The highest BCUT2D eigenvalue weighted by Crippen LogP contribution is 2.68. The van der Waals surface area contributed by atoms with Crippen molar-refractivity contribution < 1.29 is 9.05 Å². The second-order valence-electron chi connectivity index (χ2n) is 6.97. The molecule has 0 heterocycles. The van der Waals surface area contributed by atoms with E-state index in [0.29, 0.717) is 5.92 Å². The van der Waals surface area contributed by atoms with Gasteiger partial charge in [-0.15, -0.1) is 0 Å². The Hall–Kier alpha value is 0.660. The number of rotatable bonds is 7. The first kappa shape index (κ1) is 19.7. The molecule has 1 atom stereocenters. The molecule has 0 bridgehead atoms. The van der Waals surface area contributed by atoms with Gasteiger partial charge < -0.3 is 9.05 Å². The third-order valence-electron chi connectivity index (χ3n) is 3.65. The van der Waals surface area contributed by atoms with E-state index < -0.39 is 5.69 Å². The Morgan fingerprint density at radius 3 is 2.14 bits per heavy atom. The predicted octanol–water partition coefficient (Wildman–Crippen LogP) is 6.32. The molecule has 1 rings (SSSR count). The fourth-order valence-corrected chi connectivity index (χ4v) is 10.9. The quantitative estimate of drug-likeness (QED) is 0.395. The fourth-order valence-electron chi connectivity index (χ4n) is 2.54. The van der Waals surface area contributed by atoms with Crippen molar-refractivity contribution in [2.75, 3.05) is 0 Å². The highest BCUT2D eigenvalue weighted by atomic mass is 32.9. The van der Waals surface area contributed by atoms with Crippen LogP contribution in [-0.2, 0) is 20.9 Å². The molecule has 0 aliphatic heterocycles. The Morgan fingerprint density at radius 2 is 1.76 bits per heavy atom. The van der Waals surface area contributed by atoms with Gasteiger partial charge in [-0.05, 0) is 85.5 Å². The summed E-state index contributed by atoms with van der Waals surface area (Å²) in [6.45, 7) is 15.0. The second-order valence-corrected chi connectivity index (χ2v) is 13.6. The first-order chi connectivity index (χ1) is 9.54. The van der Waals surface area contributed by atoms with Crippen molar-refractivity contribution in [1.29, 1.82) is 0 Å². The molecule has 0 radical (unpaired) electrons. The van der Waals surface area contributed by atoms with Crippen molar-refractivity contribution in [2.45, 2.75) is 84.7 Å². The zero-order chi connectivity index (χ0) is 16.3. The lowest BCUT2D eigenvalue weighted by Gasteiger charge is -2.39. The average Bonchev–Trinajstić information content (AvgIpc) is 2.25. The van der Waals surface area contributed by atoms with Crippen LogP contribution in [0.3, 0.4) is 0 Å². The van der Waals surface area contributed by atoms with Gasteiger partial charge in [0.15, 0.2) is 0 Å². The van der Waals surface area contributed by atoms with Gasteiger partial charge in [-0.3, -0.25) is 0 Å². The largest absolute Gasteiger partial charge is 0.319 e. The molecule has 0 aromatic rings. The van der Waals surface area contributed by atoms with Crippen molar-refractivity contribution in [3.8, 4) is 0 Å². The molecule has 1 aliphatic carbocycles. The van der Waals surface area contributed by atoms with Gasteiger partial charge in [-0.25, -0.2) is 0 Å². The van der Waals surface area contributed by atoms with Gasteiger partial charge >= 0.3 is 0 Å². The van der Waals surface area contributed by atoms with Gasteiger partial charge in [0.25, 0.3) is 0 Å². The summed E-state index contributed by atoms with van der Waals surface area (Å²) in [6, 6.07) is 0. The predicted molar refractivity (Wildman–Crippen MR) is 99.5 cm³/mol. The number of allylic oxidation sites excluding steroid dienone is 2. The van der Waals surface area contributed by atoms with E-state index in [2.05, 4.69) is 26.8 Å². The topological polar surface area (TPSA) is 18.5 Å². The van der Waals surface area contributed by atoms with Gasteiger partial charge in [0.1, 0.15) is 0 Å².